The van der Waals surface area contributed by atoms with Crippen LogP contribution in [0.15, 0.2) is 79.0 Å². The maximum absolute atomic E-state index is 14.4. The molecule has 3 aromatic carbocycles. The summed E-state index contributed by atoms with van der Waals surface area (Å²) in [6.07, 6.45) is -2.15. The Labute approximate surface area is 229 Å². The second kappa shape index (κ2) is 12.8. The Balaban J connectivity index is 1.57. The molecule has 0 fully saturated rings. The van der Waals surface area contributed by atoms with Gasteiger partial charge in [0.1, 0.15) is 12.4 Å². The molecule has 0 radical (unpaired) electrons. The van der Waals surface area contributed by atoms with Gasteiger partial charge >= 0.3 is 6.18 Å². The zero-order valence-corrected chi connectivity index (χ0v) is 21.9. The number of hydrogen-bond acceptors (Lipinski definition) is 3. The number of aromatic nitrogens is 1. The van der Waals surface area contributed by atoms with Crippen LogP contribution in [0.3, 0.4) is 0 Å². The SMILES string of the molecule is COCCN(CC(=O)N(CCc1c[nH]c2ccccc12)Cc1ccc(C(F)(F)F)cc1)C(=O)c1ccccc1F. The fourth-order valence-corrected chi connectivity index (χ4v) is 4.43. The van der Waals surface area contributed by atoms with Crippen molar-refractivity contribution in [1.82, 2.24) is 14.8 Å². The summed E-state index contributed by atoms with van der Waals surface area (Å²) >= 11 is 0. The van der Waals surface area contributed by atoms with Crippen LogP contribution in [0.5, 0.6) is 0 Å². The number of alkyl halides is 3. The number of halogens is 4. The Morgan fingerprint density at radius 1 is 0.900 bits per heavy atom. The average Bonchev–Trinajstić information content (AvgIpc) is 3.36. The molecule has 2 amide bonds. The van der Waals surface area contributed by atoms with Crippen molar-refractivity contribution in [1.29, 1.82) is 0 Å². The number of ether oxygens (including phenoxy) is 1. The van der Waals surface area contributed by atoms with Gasteiger partial charge in [-0.05, 0) is 47.9 Å². The maximum atomic E-state index is 14.4. The van der Waals surface area contributed by atoms with E-state index < -0.39 is 29.4 Å². The topological polar surface area (TPSA) is 65.6 Å². The van der Waals surface area contributed by atoms with Gasteiger partial charge in [0.2, 0.25) is 5.91 Å². The Kier molecular flexibility index (Phi) is 9.21. The number of carbonyl (C=O) groups excluding carboxylic acids is 2. The fourth-order valence-electron chi connectivity index (χ4n) is 4.43. The van der Waals surface area contributed by atoms with Crippen molar-refractivity contribution in [3.8, 4) is 0 Å². The van der Waals surface area contributed by atoms with Gasteiger partial charge in [0.25, 0.3) is 5.91 Å². The van der Waals surface area contributed by atoms with Gasteiger partial charge in [0.15, 0.2) is 0 Å². The van der Waals surface area contributed by atoms with E-state index in [-0.39, 0.29) is 38.3 Å². The van der Waals surface area contributed by atoms with Crippen LogP contribution < -0.4 is 0 Å². The van der Waals surface area contributed by atoms with Crippen LogP contribution >= 0.6 is 0 Å². The molecule has 0 atom stereocenters. The number of benzene rings is 3. The summed E-state index contributed by atoms with van der Waals surface area (Å²) < 4.78 is 58.7. The van der Waals surface area contributed by atoms with Gasteiger partial charge < -0.3 is 19.5 Å². The summed E-state index contributed by atoms with van der Waals surface area (Å²) in [6.45, 7) is 0.0950. The molecule has 6 nitrogen and oxygen atoms in total. The van der Waals surface area contributed by atoms with Crippen LogP contribution in [0.2, 0.25) is 0 Å². The van der Waals surface area contributed by atoms with Crippen molar-refractivity contribution in [3.05, 3.63) is 107 Å². The summed E-state index contributed by atoms with van der Waals surface area (Å²) in [5, 5.41) is 1.00. The number of carbonyl (C=O) groups is 2. The third-order valence-corrected chi connectivity index (χ3v) is 6.62. The van der Waals surface area contributed by atoms with E-state index in [1.807, 2.05) is 30.5 Å². The molecule has 0 aliphatic carbocycles. The molecule has 210 valence electrons. The molecule has 0 aliphatic heterocycles. The van der Waals surface area contributed by atoms with Gasteiger partial charge in [0.05, 0.1) is 17.7 Å². The Hall–Kier alpha value is -4.18. The van der Waals surface area contributed by atoms with E-state index in [4.69, 9.17) is 4.74 Å². The van der Waals surface area contributed by atoms with Crippen molar-refractivity contribution < 1.29 is 31.9 Å². The lowest BCUT2D eigenvalue weighted by molar-refractivity contribution is -0.137. The molecule has 1 N–H and O–H groups in total. The quantitative estimate of drug-likeness (QED) is 0.242. The summed E-state index contributed by atoms with van der Waals surface area (Å²) in [4.78, 5) is 32.7. The van der Waals surface area contributed by atoms with E-state index in [9.17, 15) is 27.2 Å². The second-order valence-corrected chi connectivity index (χ2v) is 9.32. The first kappa shape index (κ1) is 28.8. The molecule has 10 heteroatoms. The number of hydrogen-bond donors (Lipinski definition) is 1. The molecule has 0 saturated heterocycles. The highest BCUT2D eigenvalue weighted by atomic mass is 19.4. The van der Waals surface area contributed by atoms with Gasteiger partial charge in [-0.2, -0.15) is 13.2 Å². The lowest BCUT2D eigenvalue weighted by Gasteiger charge is -2.28. The smallest absolute Gasteiger partial charge is 0.383 e. The number of methoxy groups -OCH3 is 1. The third kappa shape index (κ3) is 7.06. The van der Waals surface area contributed by atoms with Crippen LogP contribution in [-0.2, 0) is 28.7 Å². The van der Waals surface area contributed by atoms with E-state index in [1.54, 1.807) is 0 Å². The summed E-state index contributed by atoms with van der Waals surface area (Å²) in [5.74, 6) is -1.79. The normalized spacial score (nSPS) is 11.5. The third-order valence-electron chi connectivity index (χ3n) is 6.62. The number of amides is 2. The van der Waals surface area contributed by atoms with E-state index in [1.165, 1.54) is 53.3 Å². The van der Waals surface area contributed by atoms with Gasteiger partial charge in [-0.15, -0.1) is 0 Å². The number of nitrogens with one attached hydrogen (secondary N) is 1. The lowest BCUT2D eigenvalue weighted by atomic mass is 10.1. The summed E-state index contributed by atoms with van der Waals surface area (Å²) in [6, 6.07) is 17.9. The number of fused-ring (bicyclic) bond motifs is 1. The van der Waals surface area contributed by atoms with Crippen LogP contribution in [0.4, 0.5) is 17.6 Å². The van der Waals surface area contributed by atoms with E-state index in [0.717, 1.165) is 28.6 Å². The molecule has 0 saturated carbocycles. The van der Waals surface area contributed by atoms with Gasteiger partial charge in [-0.3, -0.25) is 9.59 Å². The highest BCUT2D eigenvalue weighted by Crippen LogP contribution is 2.29. The van der Waals surface area contributed by atoms with Crippen molar-refractivity contribution in [2.75, 3.05) is 33.4 Å². The minimum Gasteiger partial charge on any atom is -0.383 e. The molecular weight excluding hydrogens is 526 g/mol. The van der Waals surface area contributed by atoms with E-state index >= 15 is 0 Å². The first-order valence-corrected chi connectivity index (χ1v) is 12.7. The van der Waals surface area contributed by atoms with Crippen LogP contribution in [0.1, 0.15) is 27.0 Å². The average molecular weight is 556 g/mol. The van der Waals surface area contributed by atoms with Gasteiger partial charge in [0, 0.05) is 43.8 Å². The highest BCUT2D eigenvalue weighted by molar-refractivity contribution is 5.96. The Morgan fingerprint density at radius 2 is 1.60 bits per heavy atom. The molecule has 1 heterocycles. The van der Waals surface area contributed by atoms with Crippen LogP contribution in [-0.4, -0.2) is 59.9 Å². The van der Waals surface area contributed by atoms with Crippen molar-refractivity contribution >= 4 is 22.7 Å². The summed E-state index contributed by atoms with van der Waals surface area (Å²) in [5.41, 5.74) is 1.47. The van der Waals surface area contributed by atoms with E-state index in [2.05, 4.69) is 4.98 Å². The van der Waals surface area contributed by atoms with Crippen molar-refractivity contribution in [2.45, 2.75) is 19.1 Å². The van der Waals surface area contributed by atoms with Crippen LogP contribution in [0.25, 0.3) is 10.9 Å². The highest BCUT2D eigenvalue weighted by Gasteiger charge is 2.30. The molecule has 0 aliphatic rings. The number of aromatic amines is 1. The Morgan fingerprint density at radius 3 is 2.30 bits per heavy atom. The fraction of sp³-hybridized carbons (Fsp3) is 0.267. The molecule has 1 aromatic heterocycles. The zero-order chi connectivity index (χ0) is 28.7. The van der Waals surface area contributed by atoms with Crippen molar-refractivity contribution in [2.24, 2.45) is 0 Å². The van der Waals surface area contributed by atoms with Crippen molar-refractivity contribution in [3.63, 3.8) is 0 Å². The zero-order valence-electron chi connectivity index (χ0n) is 21.9. The van der Waals surface area contributed by atoms with Gasteiger partial charge in [-0.25, -0.2) is 4.39 Å². The first-order chi connectivity index (χ1) is 19.2. The minimum atomic E-state index is -4.47. The second-order valence-electron chi connectivity index (χ2n) is 9.32. The lowest BCUT2D eigenvalue weighted by Crippen LogP contribution is -2.44. The summed E-state index contributed by atoms with van der Waals surface area (Å²) in [7, 11) is 1.45. The molecular formula is C30H29F4N3O3. The van der Waals surface area contributed by atoms with E-state index in [0.29, 0.717) is 12.0 Å². The number of nitrogens with zero attached hydrogens (tertiary/aromatic N) is 2. The number of H-pyrrole nitrogens is 1. The monoisotopic (exact) mass is 555 g/mol. The Bertz CT molecular complexity index is 1450. The standard InChI is InChI=1S/C30H29F4N3O3/c1-40-17-16-37(29(39)25-7-2-4-8-26(25)31)20-28(38)36(19-21-10-12-23(13-11-21)30(32,33)34)15-14-22-18-35-27-9-5-3-6-24(22)27/h2-13,18,35H,14-17,19-20H2,1H3. The van der Waals surface area contributed by atoms with Crippen LogP contribution in [0, 0.1) is 5.82 Å². The number of para-hydroxylation sites is 1. The molecule has 0 spiro atoms. The molecule has 0 unspecified atom stereocenters. The first-order valence-electron chi connectivity index (χ1n) is 12.7. The largest absolute Gasteiger partial charge is 0.416 e. The minimum absolute atomic E-state index is 0.0331. The molecule has 4 rings (SSSR count). The molecule has 40 heavy (non-hydrogen) atoms. The molecule has 0 bridgehead atoms. The predicted molar refractivity (Wildman–Crippen MR) is 143 cm³/mol. The maximum Gasteiger partial charge on any atom is 0.416 e. The molecule has 4 aromatic rings. The number of rotatable bonds is 11. The van der Waals surface area contributed by atoms with Gasteiger partial charge in [-0.1, -0.05) is 42.5 Å². The predicted octanol–water partition coefficient (Wildman–Crippen LogP) is 5.69.